The van der Waals surface area contributed by atoms with E-state index in [4.69, 9.17) is 10.5 Å². The van der Waals surface area contributed by atoms with Gasteiger partial charge in [0.2, 0.25) is 0 Å². The summed E-state index contributed by atoms with van der Waals surface area (Å²) in [5.74, 6) is 2.61. The molecule has 0 bridgehead atoms. The van der Waals surface area contributed by atoms with Crippen molar-refractivity contribution in [1.29, 1.82) is 0 Å². The van der Waals surface area contributed by atoms with Gasteiger partial charge in [-0.25, -0.2) is 0 Å². The fraction of sp³-hybridized carbons (Fsp3) is 0.565. The summed E-state index contributed by atoms with van der Waals surface area (Å²) in [5.41, 5.74) is 6.42. The Balaban J connectivity index is 1.55. The highest BCUT2D eigenvalue weighted by atomic mass is 16.5. The van der Waals surface area contributed by atoms with E-state index in [1.807, 2.05) is 13.0 Å². The van der Waals surface area contributed by atoms with Crippen molar-refractivity contribution >= 4 is 10.8 Å². The molecule has 0 spiro atoms. The van der Waals surface area contributed by atoms with E-state index in [1.165, 1.54) is 44.9 Å². The minimum atomic E-state index is -0.707. The summed E-state index contributed by atoms with van der Waals surface area (Å²) in [6.07, 6.45) is 9.78. The molecular weight excluding hydrogens is 322 g/mol. The van der Waals surface area contributed by atoms with Gasteiger partial charge in [-0.1, -0.05) is 37.5 Å². The van der Waals surface area contributed by atoms with Gasteiger partial charge in [-0.15, -0.1) is 0 Å². The summed E-state index contributed by atoms with van der Waals surface area (Å²) in [6, 6.07) is 12.5. The van der Waals surface area contributed by atoms with Crippen molar-refractivity contribution in [3.63, 3.8) is 0 Å². The largest absolute Gasteiger partial charge is 0.490 e. The predicted molar refractivity (Wildman–Crippen MR) is 106 cm³/mol. The second kappa shape index (κ2) is 7.21. The minimum absolute atomic E-state index is 0.0655. The van der Waals surface area contributed by atoms with Gasteiger partial charge in [0.25, 0.3) is 0 Å². The molecule has 0 saturated heterocycles. The Morgan fingerprint density at radius 3 is 2.58 bits per heavy atom. The number of hydrogen-bond donors (Lipinski definition) is 2. The molecule has 0 aliphatic heterocycles. The molecule has 0 radical (unpaired) electrons. The molecule has 3 heteroatoms. The van der Waals surface area contributed by atoms with Gasteiger partial charge in [0.1, 0.15) is 11.9 Å². The standard InChI is InChI=1S/C23H31NO2/c1-23(24,15-25)19-11-9-18-14-20(12-10-17(18)13-19)26-22-8-4-6-16-5-2-3-7-21(16)22/h9-14,16,21-22,25H,2-8,15,24H2,1H3. The predicted octanol–water partition coefficient (Wildman–Crippen LogP) is 4.74. The van der Waals surface area contributed by atoms with Gasteiger partial charge >= 0.3 is 0 Å². The first-order chi connectivity index (χ1) is 12.6. The molecule has 2 aliphatic rings. The third-order valence-corrected chi connectivity index (χ3v) is 6.60. The normalized spacial score (nSPS) is 28.3. The van der Waals surface area contributed by atoms with Crippen molar-refractivity contribution < 1.29 is 9.84 Å². The van der Waals surface area contributed by atoms with Gasteiger partial charge in [-0.2, -0.15) is 0 Å². The molecule has 2 aromatic carbocycles. The van der Waals surface area contributed by atoms with Crippen molar-refractivity contribution in [1.82, 2.24) is 0 Å². The molecule has 140 valence electrons. The van der Waals surface area contributed by atoms with Crippen LogP contribution in [0.3, 0.4) is 0 Å². The zero-order valence-corrected chi connectivity index (χ0v) is 15.8. The number of nitrogens with two attached hydrogens (primary N) is 1. The van der Waals surface area contributed by atoms with E-state index in [0.717, 1.165) is 33.9 Å². The molecule has 2 saturated carbocycles. The molecule has 3 nitrogen and oxygen atoms in total. The maximum Gasteiger partial charge on any atom is 0.120 e. The van der Waals surface area contributed by atoms with E-state index in [1.54, 1.807) is 0 Å². The third kappa shape index (κ3) is 3.47. The number of hydrogen-bond acceptors (Lipinski definition) is 3. The van der Waals surface area contributed by atoms with Crippen LogP contribution >= 0.6 is 0 Å². The van der Waals surface area contributed by atoms with Gasteiger partial charge in [0, 0.05) is 0 Å². The zero-order chi connectivity index (χ0) is 18.1. The van der Waals surface area contributed by atoms with Crippen LogP contribution in [0.5, 0.6) is 5.75 Å². The van der Waals surface area contributed by atoms with Gasteiger partial charge in [0.15, 0.2) is 0 Å². The lowest BCUT2D eigenvalue weighted by Gasteiger charge is -2.41. The van der Waals surface area contributed by atoms with E-state index in [2.05, 4.69) is 30.3 Å². The van der Waals surface area contributed by atoms with E-state index in [0.29, 0.717) is 6.10 Å². The van der Waals surface area contributed by atoms with Gasteiger partial charge in [0.05, 0.1) is 12.1 Å². The van der Waals surface area contributed by atoms with Gasteiger partial charge < -0.3 is 15.6 Å². The Morgan fingerprint density at radius 2 is 1.73 bits per heavy atom. The Labute approximate surface area is 156 Å². The van der Waals surface area contributed by atoms with E-state index in [-0.39, 0.29) is 6.61 Å². The van der Waals surface area contributed by atoms with Crippen molar-refractivity contribution in [2.75, 3.05) is 6.61 Å². The highest BCUT2D eigenvalue weighted by molar-refractivity contribution is 5.84. The molecule has 0 aromatic heterocycles. The SMILES string of the molecule is CC(N)(CO)c1ccc2cc(OC3CCCC4CCCCC43)ccc2c1. The average Bonchev–Trinajstić information content (AvgIpc) is 2.68. The number of aliphatic hydroxyl groups excluding tert-OH is 1. The fourth-order valence-corrected chi connectivity index (χ4v) is 4.94. The molecule has 26 heavy (non-hydrogen) atoms. The lowest BCUT2D eigenvalue weighted by atomic mass is 9.69. The second-order valence-corrected chi connectivity index (χ2v) is 8.59. The molecular formula is C23H31NO2. The quantitative estimate of drug-likeness (QED) is 0.834. The van der Waals surface area contributed by atoms with Gasteiger partial charge in [-0.3, -0.25) is 0 Å². The van der Waals surface area contributed by atoms with Crippen LogP contribution in [0.15, 0.2) is 36.4 Å². The van der Waals surface area contributed by atoms with Crippen LogP contribution in [0.1, 0.15) is 57.4 Å². The van der Waals surface area contributed by atoms with Crippen LogP contribution in [0.2, 0.25) is 0 Å². The maximum absolute atomic E-state index is 9.50. The number of benzene rings is 2. The monoisotopic (exact) mass is 353 g/mol. The smallest absolute Gasteiger partial charge is 0.120 e. The topological polar surface area (TPSA) is 55.5 Å². The summed E-state index contributed by atoms with van der Waals surface area (Å²) in [7, 11) is 0. The highest BCUT2D eigenvalue weighted by Gasteiger charge is 2.36. The molecule has 0 amide bonds. The van der Waals surface area contributed by atoms with E-state index in [9.17, 15) is 5.11 Å². The Kier molecular flexibility index (Phi) is 4.94. The average molecular weight is 354 g/mol. The first-order valence-corrected chi connectivity index (χ1v) is 10.2. The van der Waals surface area contributed by atoms with E-state index < -0.39 is 5.54 Å². The summed E-state index contributed by atoms with van der Waals surface area (Å²) in [4.78, 5) is 0. The Hall–Kier alpha value is -1.58. The Bertz CT molecular complexity index is 768. The summed E-state index contributed by atoms with van der Waals surface area (Å²) in [5, 5.41) is 11.8. The molecule has 4 rings (SSSR count). The highest BCUT2D eigenvalue weighted by Crippen LogP contribution is 2.42. The number of ether oxygens (including phenoxy) is 1. The van der Waals surface area contributed by atoms with Crippen LogP contribution < -0.4 is 10.5 Å². The number of fused-ring (bicyclic) bond motifs is 2. The first-order valence-electron chi connectivity index (χ1n) is 10.2. The zero-order valence-electron chi connectivity index (χ0n) is 15.8. The van der Waals surface area contributed by atoms with Crippen molar-refractivity contribution in [2.45, 2.75) is 63.5 Å². The molecule has 4 unspecified atom stereocenters. The third-order valence-electron chi connectivity index (χ3n) is 6.60. The lowest BCUT2D eigenvalue weighted by Crippen LogP contribution is -2.38. The summed E-state index contributed by atoms with van der Waals surface area (Å²) >= 11 is 0. The molecule has 3 N–H and O–H groups in total. The van der Waals surface area contributed by atoms with Gasteiger partial charge in [-0.05, 0) is 79.0 Å². The van der Waals surface area contributed by atoms with Crippen LogP contribution in [0, 0.1) is 11.8 Å². The van der Waals surface area contributed by atoms with Crippen molar-refractivity contribution in [2.24, 2.45) is 17.6 Å². The Morgan fingerprint density at radius 1 is 1.00 bits per heavy atom. The van der Waals surface area contributed by atoms with E-state index >= 15 is 0 Å². The fourth-order valence-electron chi connectivity index (χ4n) is 4.94. The second-order valence-electron chi connectivity index (χ2n) is 8.59. The summed E-state index contributed by atoms with van der Waals surface area (Å²) in [6.45, 7) is 1.79. The lowest BCUT2D eigenvalue weighted by molar-refractivity contribution is 0.0278. The minimum Gasteiger partial charge on any atom is -0.490 e. The van der Waals surface area contributed by atoms with Crippen LogP contribution in [-0.4, -0.2) is 17.8 Å². The molecule has 4 atom stereocenters. The van der Waals surface area contributed by atoms with Crippen LogP contribution in [-0.2, 0) is 5.54 Å². The molecule has 2 fully saturated rings. The summed E-state index contributed by atoms with van der Waals surface area (Å²) < 4.78 is 6.49. The van der Waals surface area contributed by atoms with Crippen LogP contribution in [0.25, 0.3) is 10.8 Å². The molecule has 0 heterocycles. The molecule has 2 aromatic rings. The van der Waals surface area contributed by atoms with Crippen molar-refractivity contribution in [3.8, 4) is 5.75 Å². The maximum atomic E-state index is 9.50. The molecule has 2 aliphatic carbocycles. The van der Waals surface area contributed by atoms with Crippen LogP contribution in [0.4, 0.5) is 0 Å². The first kappa shape index (κ1) is 17.8. The number of aliphatic hydroxyl groups is 1. The van der Waals surface area contributed by atoms with Crippen molar-refractivity contribution in [3.05, 3.63) is 42.0 Å². The number of rotatable bonds is 4.